The van der Waals surface area contributed by atoms with Gasteiger partial charge in [0.2, 0.25) is 5.95 Å². The number of fused-ring (bicyclic) bond motifs is 1. The lowest BCUT2D eigenvalue weighted by Gasteiger charge is -2.44. The van der Waals surface area contributed by atoms with E-state index < -0.39 is 0 Å². The number of phenols is 1. The Labute approximate surface area is 208 Å². The zero-order valence-electron chi connectivity index (χ0n) is 19.8. The molecule has 0 radical (unpaired) electrons. The summed E-state index contributed by atoms with van der Waals surface area (Å²) < 4.78 is 21.5. The molecule has 0 saturated carbocycles. The highest BCUT2D eigenvalue weighted by Gasteiger charge is 2.33. The van der Waals surface area contributed by atoms with Crippen LogP contribution < -0.4 is 20.3 Å². The van der Waals surface area contributed by atoms with Crippen molar-refractivity contribution in [3.63, 3.8) is 0 Å². The molecule has 8 nitrogen and oxygen atoms in total. The molecular formula is C25H28ClFN6O2. The number of halogens is 2. The van der Waals surface area contributed by atoms with Crippen LogP contribution in [-0.4, -0.2) is 58.8 Å². The predicted molar refractivity (Wildman–Crippen MR) is 136 cm³/mol. The molecule has 3 heterocycles. The number of hydrogen-bond donors (Lipinski definition) is 3. The summed E-state index contributed by atoms with van der Waals surface area (Å²) in [7, 11) is 2.11. The fraction of sp³-hybridized carbons (Fsp3) is 0.360. The third-order valence-corrected chi connectivity index (χ3v) is 7.00. The molecule has 1 saturated heterocycles. The number of hydrogen-bond acceptors (Lipinski definition) is 8. The van der Waals surface area contributed by atoms with Gasteiger partial charge >= 0.3 is 0 Å². The average molecular weight is 499 g/mol. The van der Waals surface area contributed by atoms with Crippen molar-refractivity contribution in [2.24, 2.45) is 0 Å². The Morgan fingerprint density at radius 2 is 1.89 bits per heavy atom. The summed E-state index contributed by atoms with van der Waals surface area (Å²) in [6.07, 6.45) is 2.08. The molecule has 2 aliphatic rings. The second-order valence-electron chi connectivity index (χ2n) is 9.09. The first kappa shape index (κ1) is 23.4. The lowest BCUT2D eigenvalue weighted by atomic mass is 10.0. The molecule has 0 spiro atoms. The van der Waals surface area contributed by atoms with E-state index in [0.29, 0.717) is 53.7 Å². The molecule has 2 unspecified atom stereocenters. The molecule has 1 aromatic heterocycles. The summed E-state index contributed by atoms with van der Waals surface area (Å²) >= 11 is 6.27. The molecule has 0 amide bonds. The maximum absolute atomic E-state index is 15.6. The van der Waals surface area contributed by atoms with Crippen LogP contribution in [0.1, 0.15) is 19.4 Å². The van der Waals surface area contributed by atoms with Crippen LogP contribution in [0.25, 0.3) is 0 Å². The Morgan fingerprint density at radius 3 is 2.63 bits per heavy atom. The Morgan fingerprint density at radius 1 is 1.14 bits per heavy atom. The molecule has 10 heteroatoms. The first-order valence-electron chi connectivity index (χ1n) is 11.6. The minimum atomic E-state index is -0.303. The number of rotatable bonds is 5. The van der Waals surface area contributed by atoms with Gasteiger partial charge in [0.25, 0.3) is 0 Å². The number of benzene rings is 2. The highest BCUT2D eigenvalue weighted by molar-refractivity contribution is 6.32. The number of nitrogens with one attached hydrogen (secondary N) is 2. The second kappa shape index (κ2) is 9.39. The molecule has 2 aromatic carbocycles. The number of ether oxygens (including phenoxy) is 1. The van der Waals surface area contributed by atoms with Crippen LogP contribution in [0.2, 0.25) is 5.02 Å². The number of aromatic hydroxyl groups is 1. The number of para-hydroxylation sites is 2. The molecule has 0 aliphatic carbocycles. The predicted octanol–water partition coefficient (Wildman–Crippen LogP) is 4.93. The van der Waals surface area contributed by atoms with Crippen molar-refractivity contribution in [3.8, 4) is 11.5 Å². The largest absolute Gasteiger partial charge is 0.506 e. The van der Waals surface area contributed by atoms with Crippen LogP contribution in [0.15, 0.2) is 36.5 Å². The Balaban J connectivity index is 1.45. The van der Waals surface area contributed by atoms with E-state index in [1.165, 1.54) is 12.3 Å². The van der Waals surface area contributed by atoms with Gasteiger partial charge in [-0.3, -0.25) is 4.90 Å². The van der Waals surface area contributed by atoms with E-state index in [1.807, 2.05) is 0 Å². The van der Waals surface area contributed by atoms with Crippen molar-refractivity contribution in [3.05, 3.63) is 52.9 Å². The topological polar surface area (TPSA) is 85.8 Å². The number of anilines is 5. The summed E-state index contributed by atoms with van der Waals surface area (Å²) in [5.41, 5.74) is 2.39. The van der Waals surface area contributed by atoms with E-state index >= 15 is 4.39 Å². The van der Waals surface area contributed by atoms with Crippen molar-refractivity contribution < 1.29 is 14.2 Å². The maximum Gasteiger partial charge on any atom is 0.229 e. The molecule has 184 valence electrons. The lowest BCUT2D eigenvalue weighted by Crippen LogP contribution is -2.55. The molecule has 1 fully saturated rings. The van der Waals surface area contributed by atoms with Gasteiger partial charge in [-0.25, -0.2) is 9.37 Å². The van der Waals surface area contributed by atoms with Gasteiger partial charge in [-0.2, -0.15) is 4.98 Å². The van der Waals surface area contributed by atoms with Crippen molar-refractivity contribution in [2.75, 3.05) is 42.3 Å². The van der Waals surface area contributed by atoms with Crippen molar-refractivity contribution in [2.45, 2.75) is 32.4 Å². The van der Waals surface area contributed by atoms with Gasteiger partial charge in [-0.15, -0.1) is 0 Å². The molecule has 5 rings (SSSR count). The second-order valence-corrected chi connectivity index (χ2v) is 9.49. The number of likely N-dealkylation sites (N-methyl/N-ethyl adjacent to an activating group) is 1. The van der Waals surface area contributed by atoms with E-state index in [1.54, 1.807) is 24.3 Å². The highest BCUT2D eigenvalue weighted by atomic mass is 35.5. The summed E-state index contributed by atoms with van der Waals surface area (Å²) in [6.45, 7) is 6.30. The quantitative estimate of drug-likeness (QED) is 0.427. The van der Waals surface area contributed by atoms with Gasteiger partial charge in [0.05, 0.1) is 29.9 Å². The SMILES string of the molecule is CC1CN(c2c(F)cc(Nc3ncc(Cl)c(Nc4ccccc4O)n3)c3c2CCO3)CC(C)N1C. The number of phenolic OH excluding ortho intramolecular Hbond substituents is 1. The highest BCUT2D eigenvalue weighted by Crippen LogP contribution is 2.44. The first-order chi connectivity index (χ1) is 16.8. The standard InChI is InChI=1S/C25H28ClFN6O2/c1-14-12-33(13-15(2)32(14)3)22-16-8-9-35-23(16)20(10-18(22)27)30-25-28-11-17(26)24(31-25)29-19-6-4-5-7-21(19)34/h4-7,10-11,14-15,34H,8-9,12-13H2,1-3H3,(H2,28,29,30,31). The van der Waals surface area contributed by atoms with Gasteiger partial charge in [0.15, 0.2) is 5.82 Å². The van der Waals surface area contributed by atoms with E-state index in [0.717, 1.165) is 18.7 Å². The van der Waals surface area contributed by atoms with Gasteiger partial charge in [0.1, 0.15) is 22.3 Å². The summed E-state index contributed by atoms with van der Waals surface area (Å²) in [6, 6.07) is 8.83. The lowest BCUT2D eigenvalue weighted by molar-refractivity contribution is 0.169. The third kappa shape index (κ3) is 4.53. The van der Waals surface area contributed by atoms with Crippen LogP contribution in [-0.2, 0) is 6.42 Å². The normalized spacial score (nSPS) is 19.9. The number of aromatic nitrogens is 2. The Kier molecular flexibility index (Phi) is 6.29. The van der Waals surface area contributed by atoms with E-state index in [9.17, 15) is 5.11 Å². The fourth-order valence-corrected chi connectivity index (χ4v) is 4.83. The first-order valence-corrected chi connectivity index (χ1v) is 12.0. The molecule has 2 aliphatic heterocycles. The zero-order valence-corrected chi connectivity index (χ0v) is 20.6. The van der Waals surface area contributed by atoms with Gasteiger partial charge in [-0.05, 0) is 33.0 Å². The van der Waals surface area contributed by atoms with Crippen LogP contribution in [0, 0.1) is 5.82 Å². The number of nitrogens with zero attached hydrogens (tertiary/aromatic N) is 4. The van der Waals surface area contributed by atoms with Crippen LogP contribution in [0.3, 0.4) is 0 Å². The molecule has 3 N–H and O–H groups in total. The molecule has 3 aromatic rings. The van der Waals surface area contributed by atoms with Gasteiger partial charge in [0, 0.05) is 43.2 Å². The smallest absolute Gasteiger partial charge is 0.229 e. The average Bonchev–Trinajstić information content (AvgIpc) is 3.31. The Hall–Kier alpha value is -3.30. The van der Waals surface area contributed by atoms with Crippen LogP contribution in [0.5, 0.6) is 11.5 Å². The van der Waals surface area contributed by atoms with Gasteiger partial charge in [-0.1, -0.05) is 23.7 Å². The molecule has 2 atom stereocenters. The van der Waals surface area contributed by atoms with Crippen LogP contribution >= 0.6 is 11.6 Å². The van der Waals surface area contributed by atoms with E-state index in [2.05, 4.69) is 51.3 Å². The minimum Gasteiger partial charge on any atom is -0.506 e. The van der Waals surface area contributed by atoms with E-state index in [4.69, 9.17) is 16.3 Å². The molecule has 35 heavy (non-hydrogen) atoms. The third-order valence-electron chi connectivity index (χ3n) is 6.72. The minimum absolute atomic E-state index is 0.0631. The molecule has 0 bridgehead atoms. The Bertz CT molecular complexity index is 1250. The summed E-state index contributed by atoms with van der Waals surface area (Å²) in [5.74, 6) is 0.907. The van der Waals surface area contributed by atoms with Crippen LogP contribution in [0.4, 0.5) is 33.2 Å². The fourth-order valence-electron chi connectivity index (χ4n) is 4.69. The van der Waals surface area contributed by atoms with E-state index in [-0.39, 0.29) is 22.5 Å². The van der Waals surface area contributed by atoms with Crippen molar-refractivity contribution >= 4 is 40.4 Å². The summed E-state index contributed by atoms with van der Waals surface area (Å²) in [4.78, 5) is 13.1. The zero-order chi connectivity index (χ0) is 24.7. The monoisotopic (exact) mass is 498 g/mol. The van der Waals surface area contributed by atoms with Crippen molar-refractivity contribution in [1.82, 2.24) is 14.9 Å². The van der Waals surface area contributed by atoms with Crippen molar-refractivity contribution in [1.29, 1.82) is 0 Å². The maximum atomic E-state index is 15.6. The summed E-state index contributed by atoms with van der Waals surface area (Å²) in [5, 5.41) is 16.4. The van der Waals surface area contributed by atoms with Gasteiger partial charge < -0.3 is 25.4 Å². The number of piperazine rings is 1. The molecular weight excluding hydrogens is 471 g/mol.